The van der Waals surface area contributed by atoms with Gasteiger partial charge < -0.3 is 22.3 Å². The molecule has 7 nitrogen and oxygen atoms in total. The molecule has 2 aromatic rings. The summed E-state index contributed by atoms with van der Waals surface area (Å²) in [4.78, 5) is 25.0. The van der Waals surface area contributed by atoms with E-state index in [0.717, 1.165) is 24.8 Å². The number of aryl methyl sites for hydroxylation is 1. The Bertz CT molecular complexity index is 750. The molecule has 33 heavy (non-hydrogen) atoms. The Morgan fingerprint density at radius 1 is 0.939 bits per heavy atom. The molecule has 2 rings (SSSR count). The number of halogens is 2. The minimum atomic E-state index is -0.717. The van der Waals surface area contributed by atoms with E-state index in [-0.39, 0.29) is 18.7 Å². The van der Waals surface area contributed by atoms with E-state index in [1.807, 2.05) is 54.6 Å². The summed E-state index contributed by atoms with van der Waals surface area (Å²) in [5.74, 6) is -1.16. The molecule has 10 heteroatoms. The molecule has 2 aromatic carbocycles. The van der Waals surface area contributed by atoms with Gasteiger partial charge in [0, 0.05) is 6.42 Å². The zero-order valence-electron chi connectivity index (χ0n) is 19.0. The number of benzene rings is 2. The number of hydrogen-bond donors (Lipinski definition) is 2. The van der Waals surface area contributed by atoms with Gasteiger partial charge in [-0.1, -0.05) is 68.4 Å². The predicted octanol–water partition coefficient (Wildman–Crippen LogP) is 7.91. The van der Waals surface area contributed by atoms with Crippen LogP contribution in [-0.4, -0.2) is 22.3 Å². The number of aliphatic carboxylic acids is 1. The predicted molar refractivity (Wildman–Crippen MR) is 131 cm³/mol. The van der Waals surface area contributed by atoms with Crippen LogP contribution >= 0.6 is 18.8 Å². The summed E-state index contributed by atoms with van der Waals surface area (Å²) < 4.78 is 0. The average Bonchev–Trinajstić information content (AvgIpc) is 2.74. The SMILES string of the molecule is CC(C)Cc1ccc(C(C)C(=O)OO)cc1.O=C(O)CCCc1ccccc1.[Cl][Pt+2][Cl].[NH2-].[NH2-]. The van der Waals surface area contributed by atoms with E-state index < -0.39 is 34.3 Å². The third-order valence-corrected chi connectivity index (χ3v) is 4.27. The number of carbonyl (C=O) groups excluding carboxylic acids is 1. The van der Waals surface area contributed by atoms with E-state index in [2.05, 4.69) is 18.7 Å². The minimum Gasteiger partial charge on any atom is -0.693 e. The molecule has 0 aliphatic carbocycles. The fraction of sp³-hybridized carbons (Fsp3) is 0.391. The third-order valence-electron chi connectivity index (χ3n) is 4.27. The Morgan fingerprint density at radius 2 is 1.45 bits per heavy atom. The van der Waals surface area contributed by atoms with Gasteiger partial charge in [0.25, 0.3) is 0 Å². The van der Waals surface area contributed by atoms with E-state index in [1.165, 1.54) is 11.1 Å². The van der Waals surface area contributed by atoms with Gasteiger partial charge in [-0.25, -0.2) is 4.79 Å². The number of carboxylic acid groups (broad SMARTS) is 1. The molecule has 0 aliphatic heterocycles. The maximum absolute atomic E-state index is 11.1. The maximum Gasteiger partial charge on any atom is -0.693 e. The molecule has 0 bridgehead atoms. The van der Waals surface area contributed by atoms with Crippen molar-refractivity contribution < 1.29 is 41.3 Å². The van der Waals surface area contributed by atoms with Gasteiger partial charge in [0.1, 0.15) is 0 Å². The second-order valence-electron chi connectivity index (χ2n) is 7.25. The summed E-state index contributed by atoms with van der Waals surface area (Å²) in [6.07, 6.45) is 2.86. The first kappa shape index (κ1) is 36.1. The second-order valence-corrected chi connectivity index (χ2v) is 10.5. The molecule has 0 aromatic heterocycles. The monoisotopic (exact) mass is 683 g/mol. The Hall–Kier alpha value is -1.47. The molecular formula is C23H34Cl2N2O5Pt. The molecule has 0 heterocycles. The minimum absolute atomic E-state index is 0. The van der Waals surface area contributed by atoms with Crippen LogP contribution in [0.2, 0.25) is 0 Å². The summed E-state index contributed by atoms with van der Waals surface area (Å²) >= 11 is -0.472. The zero-order chi connectivity index (χ0) is 23.6. The largest absolute Gasteiger partial charge is 0.693 e. The van der Waals surface area contributed by atoms with Crippen molar-refractivity contribution in [3.05, 3.63) is 83.6 Å². The average molecular weight is 685 g/mol. The second kappa shape index (κ2) is 22.3. The first-order valence-electron chi connectivity index (χ1n) is 9.77. The molecule has 1 atom stereocenters. The van der Waals surface area contributed by atoms with Crippen molar-refractivity contribution in [1.82, 2.24) is 0 Å². The molecule has 1 unspecified atom stereocenters. The van der Waals surface area contributed by atoms with Crippen LogP contribution in [0.15, 0.2) is 54.6 Å². The van der Waals surface area contributed by atoms with Crippen LogP contribution in [0.4, 0.5) is 0 Å². The topological polar surface area (TPSA) is 151 Å². The van der Waals surface area contributed by atoms with E-state index in [4.69, 9.17) is 29.2 Å². The van der Waals surface area contributed by atoms with E-state index in [9.17, 15) is 9.59 Å². The van der Waals surface area contributed by atoms with E-state index >= 15 is 0 Å². The Balaban J connectivity index is -0.000000474. The first-order valence-corrected chi connectivity index (χ1v) is 15.4. The van der Waals surface area contributed by atoms with E-state index in [1.54, 1.807) is 6.92 Å². The number of carbonyl (C=O) groups is 2. The van der Waals surface area contributed by atoms with Gasteiger partial charge in [-0.05, 0) is 48.8 Å². The van der Waals surface area contributed by atoms with Gasteiger partial charge in [0.15, 0.2) is 0 Å². The molecule has 0 spiro atoms. The van der Waals surface area contributed by atoms with Crippen LogP contribution in [-0.2, 0) is 43.8 Å². The molecular weight excluding hydrogens is 650 g/mol. The number of rotatable bonds is 8. The molecule has 0 saturated carbocycles. The van der Waals surface area contributed by atoms with Crippen LogP contribution in [0.3, 0.4) is 0 Å². The Kier molecular flexibility index (Phi) is 24.4. The van der Waals surface area contributed by atoms with Crippen LogP contribution in [0.5, 0.6) is 0 Å². The fourth-order valence-electron chi connectivity index (χ4n) is 2.72. The summed E-state index contributed by atoms with van der Waals surface area (Å²) in [5.41, 5.74) is 3.31. The van der Waals surface area contributed by atoms with Crippen molar-refractivity contribution in [1.29, 1.82) is 0 Å². The standard InChI is InChI=1S/C13H18O3.C10H12O2.2ClH.2H2N.Pt/c1-9(2)8-11-4-6-12(7-5-11)10(3)13(14)16-15;11-10(12)8-4-7-9-5-2-1-3-6-9;;;;;/h4-7,9-10,15H,8H2,1-3H3;1-3,5-6H,4,7-8H2,(H,11,12);2*1H;2*1H2;/q;;;;2*-1;+4/p-2. The summed E-state index contributed by atoms with van der Waals surface area (Å²) in [6.45, 7) is 6.04. The van der Waals surface area contributed by atoms with Crippen LogP contribution in [0.25, 0.3) is 12.3 Å². The Labute approximate surface area is 213 Å². The van der Waals surface area contributed by atoms with Crippen LogP contribution in [0.1, 0.15) is 56.2 Å². The van der Waals surface area contributed by atoms with Crippen LogP contribution in [0, 0.1) is 5.92 Å². The molecule has 0 saturated heterocycles. The molecule has 0 fully saturated rings. The van der Waals surface area contributed by atoms with E-state index in [0.29, 0.717) is 5.92 Å². The van der Waals surface area contributed by atoms with Crippen molar-refractivity contribution in [2.75, 3.05) is 0 Å². The fourth-order valence-corrected chi connectivity index (χ4v) is 2.72. The summed E-state index contributed by atoms with van der Waals surface area (Å²) in [5, 5.41) is 16.7. The van der Waals surface area contributed by atoms with Crippen molar-refractivity contribution >= 4 is 30.8 Å². The summed E-state index contributed by atoms with van der Waals surface area (Å²) in [7, 11) is 9.75. The smallest absolute Gasteiger partial charge is 0.693 e. The van der Waals surface area contributed by atoms with Crippen molar-refractivity contribution in [2.45, 2.75) is 52.4 Å². The molecule has 0 aliphatic rings. The zero-order valence-corrected chi connectivity index (χ0v) is 22.8. The summed E-state index contributed by atoms with van der Waals surface area (Å²) in [6, 6.07) is 17.8. The molecule has 0 radical (unpaired) electrons. The van der Waals surface area contributed by atoms with Crippen molar-refractivity contribution in [2.24, 2.45) is 5.92 Å². The first-order chi connectivity index (χ1) is 14.7. The maximum atomic E-state index is 11.1. The van der Waals surface area contributed by atoms with Crippen molar-refractivity contribution in [3.63, 3.8) is 0 Å². The van der Waals surface area contributed by atoms with Gasteiger partial charge in [-0.15, -0.1) is 0 Å². The van der Waals surface area contributed by atoms with Gasteiger partial charge in [-0.3, -0.25) is 4.79 Å². The molecule has 0 amide bonds. The number of carboxylic acids is 1. The number of nitrogens with two attached hydrogens (primary N) is 2. The van der Waals surface area contributed by atoms with Crippen molar-refractivity contribution in [3.8, 4) is 0 Å². The van der Waals surface area contributed by atoms with Gasteiger partial charge in [-0.2, -0.15) is 5.26 Å². The number of hydrogen-bond acceptors (Lipinski definition) is 4. The van der Waals surface area contributed by atoms with Crippen LogP contribution < -0.4 is 0 Å². The molecule has 6 N–H and O–H groups in total. The van der Waals surface area contributed by atoms with Gasteiger partial charge in [0.05, 0.1) is 5.92 Å². The van der Waals surface area contributed by atoms with Gasteiger partial charge in [0.2, 0.25) is 0 Å². The quantitative estimate of drug-likeness (QED) is 0.214. The Morgan fingerprint density at radius 3 is 1.88 bits per heavy atom. The normalized spacial score (nSPS) is 10.3. The van der Waals surface area contributed by atoms with Gasteiger partial charge >= 0.3 is 47.3 Å². The third kappa shape index (κ3) is 18.6. The molecule has 190 valence electrons.